The number of nitrogens with one attached hydrogen (secondary N) is 1. The Hall–Kier alpha value is -1.47. The summed E-state index contributed by atoms with van der Waals surface area (Å²) in [6, 6.07) is 0.571. The number of hydrogen-bond acceptors (Lipinski definition) is 5. The number of aryl methyl sites for hydroxylation is 2. The zero-order valence-corrected chi connectivity index (χ0v) is 13.9. The Labute approximate surface area is 137 Å². The number of aromatic amines is 1. The first kappa shape index (κ1) is 16.4. The topological polar surface area (TPSA) is 85.3 Å². The fourth-order valence-corrected chi connectivity index (χ4v) is 3.61. The molecule has 0 unspecified atom stereocenters. The van der Waals surface area contributed by atoms with Gasteiger partial charge in [0.1, 0.15) is 5.82 Å². The van der Waals surface area contributed by atoms with Crippen molar-refractivity contribution >= 4 is 5.91 Å². The number of likely N-dealkylation sites (tertiary alicyclic amines) is 2. The molecule has 2 fully saturated rings. The smallest absolute Gasteiger partial charge is 0.223 e. The summed E-state index contributed by atoms with van der Waals surface area (Å²) in [6.07, 6.45) is 4.82. The molecule has 1 amide bonds. The molecule has 3 heterocycles. The van der Waals surface area contributed by atoms with Gasteiger partial charge in [0.05, 0.1) is 6.10 Å². The van der Waals surface area contributed by atoms with Gasteiger partial charge in [0.25, 0.3) is 0 Å². The molecule has 2 aliphatic rings. The zero-order valence-electron chi connectivity index (χ0n) is 13.9. The van der Waals surface area contributed by atoms with Crippen molar-refractivity contribution in [1.29, 1.82) is 0 Å². The van der Waals surface area contributed by atoms with Gasteiger partial charge in [-0.2, -0.15) is 5.10 Å². The minimum atomic E-state index is -0.118. The maximum atomic E-state index is 12.3. The quantitative estimate of drug-likeness (QED) is 0.843. The fraction of sp³-hybridized carbons (Fsp3) is 0.812. The van der Waals surface area contributed by atoms with E-state index in [0.717, 1.165) is 63.5 Å². The first-order chi connectivity index (χ1) is 11.1. The molecule has 3 rings (SSSR count). The van der Waals surface area contributed by atoms with Gasteiger partial charge in [-0.1, -0.05) is 0 Å². The minimum Gasteiger partial charge on any atom is -0.393 e. The fourth-order valence-electron chi connectivity index (χ4n) is 3.61. The van der Waals surface area contributed by atoms with Gasteiger partial charge in [-0.15, -0.1) is 0 Å². The van der Waals surface area contributed by atoms with Gasteiger partial charge >= 0.3 is 0 Å². The van der Waals surface area contributed by atoms with Crippen molar-refractivity contribution in [1.82, 2.24) is 25.0 Å². The van der Waals surface area contributed by atoms with Crippen LogP contribution in [0.15, 0.2) is 0 Å². The molecule has 2 N–H and O–H groups in total. The van der Waals surface area contributed by atoms with Crippen LogP contribution in [0.25, 0.3) is 0 Å². The van der Waals surface area contributed by atoms with E-state index < -0.39 is 0 Å². The molecule has 23 heavy (non-hydrogen) atoms. The van der Waals surface area contributed by atoms with Crippen molar-refractivity contribution in [3.8, 4) is 0 Å². The summed E-state index contributed by atoms with van der Waals surface area (Å²) >= 11 is 0. The molecule has 7 nitrogen and oxygen atoms in total. The lowest BCUT2D eigenvalue weighted by Gasteiger charge is -2.41. The number of carbonyl (C=O) groups is 1. The molecule has 1 aromatic rings. The molecular weight excluding hydrogens is 294 g/mol. The van der Waals surface area contributed by atoms with Crippen LogP contribution in [0.5, 0.6) is 0 Å². The molecule has 128 valence electrons. The van der Waals surface area contributed by atoms with E-state index in [1.165, 1.54) is 0 Å². The minimum absolute atomic E-state index is 0.118. The van der Waals surface area contributed by atoms with Crippen LogP contribution in [0.3, 0.4) is 0 Å². The molecule has 0 atom stereocenters. The summed E-state index contributed by atoms with van der Waals surface area (Å²) in [7, 11) is 0. The van der Waals surface area contributed by atoms with Crippen molar-refractivity contribution < 1.29 is 9.90 Å². The molecule has 0 bridgehead atoms. The Morgan fingerprint density at radius 1 is 1.22 bits per heavy atom. The lowest BCUT2D eigenvalue weighted by molar-refractivity contribution is -0.132. The van der Waals surface area contributed by atoms with Crippen LogP contribution in [0.2, 0.25) is 0 Å². The van der Waals surface area contributed by atoms with Crippen LogP contribution in [-0.2, 0) is 11.2 Å². The predicted molar refractivity (Wildman–Crippen MR) is 85.9 cm³/mol. The number of aromatic nitrogens is 3. The molecule has 0 radical (unpaired) electrons. The van der Waals surface area contributed by atoms with E-state index in [-0.39, 0.29) is 12.0 Å². The second kappa shape index (κ2) is 7.40. The lowest BCUT2D eigenvalue weighted by atomic mass is 9.98. The number of aliphatic hydroxyl groups is 1. The Morgan fingerprint density at radius 3 is 2.52 bits per heavy atom. The molecule has 2 aliphatic heterocycles. The Balaban J connectivity index is 1.40. The molecule has 0 saturated carbocycles. The van der Waals surface area contributed by atoms with Crippen LogP contribution in [0.1, 0.15) is 43.8 Å². The summed E-state index contributed by atoms with van der Waals surface area (Å²) < 4.78 is 0. The van der Waals surface area contributed by atoms with E-state index >= 15 is 0 Å². The number of amides is 1. The third-order valence-electron chi connectivity index (χ3n) is 5.04. The van der Waals surface area contributed by atoms with Gasteiger partial charge in [-0.25, -0.2) is 4.98 Å². The monoisotopic (exact) mass is 321 g/mol. The Kier molecular flexibility index (Phi) is 5.27. The predicted octanol–water partition coefficient (Wildman–Crippen LogP) is 0.493. The lowest BCUT2D eigenvalue weighted by Crippen LogP contribution is -2.49. The van der Waals surface area contributed by atoms with Crippen molar-refractivity contribution in [2.75, 3.05) is 26.2 Å². The Bertz CT molecular complexity index is 516. The van der Waals surface area contributed by atoms with E-state index in [1.54, 1.807) is 0 Å². The van der Waals surface area contributed by atoms with E-state index in [9.17, 15) is 9.90 Å². The SMILES string of the molecule is Cc1nc(CCC(=O)N2CCC(N3CCC(O)CC3)CC2)n[nH]1. The summed E-state index contributed by atoms with van der Waals surface area (Å²) in [4.78, 5) is 21.0. The highest BCUT2D eigenvalue weighted by molar-refractivity contribution is 5.76. The van der Waals surface area contributed by atoms with E-state index in [0.29, 0.717) is 18.9 Å². The van der Waals surface area contributed by atoms with Crippen LogP contribution in [0, 0.1) is 6.92 Å². The van der Waals surface area contributed by atoms with Crippen molar-refractivity contribution in [2.45, 2.75) is 57.6 Å². The molecule has 0 aromatic carbocycles. The summed E-state index contributed by atoms with van der Waals surface area (Å²) in [6.45, 7) is 5.53. The molecule has 0 aliphatic carbocycles. The first-order valence-corrected chi connectivity index (χ1v) is 8.69. The third kappa shape index (κ3) is 4.29. The number of H-pyrrole nitrogens is 1. The van der Waals surface area contributed by atoms with Gasteiger partial charge in [-0.3, -0.25) is 9.89 Å². The number of aliphatic hydroxyl groups excluding tert-OH is 1. The van der Waals surface area contributed by atoms with Gasteiger partial charge < -0.3 is 14.9 Å². The summed E-state index contributed by atoms with van der Waals surface area (Å²) in [5.41, 5.74) is 0. The molecule has 0 spiro atoms. The first-order valence-electron chi connectivity index (χ1n) is 8.69. The largest absolute Gasteiger partial charge is 0.393 e. The van der Waals surface area contributed by atoms with Gasteiger partial charge in [0.2, 0.25) is 5.91 Å². The van der Waals surface area contributed by atoms with Crippen LogP contribution >= 0.6 is 0 Å². The number of hydrogen-bond donors (Lipinski definition) is 2. The molecule has 2 saturated heterocycles. The highest BCUT2D eigenvalue weighted by Gasteiger charge is 2.29. The van der Waals surface area contributed by atoms with Gasteiger partial charge in [-0.05, 0) is 32.6 Å². The normalized spacial score (nSPS) is 21.7. The average Bonchev–Trinajstić information content (AvgIpc) is 2.99. The van der Waals surface area contributed by atoms with Gasteiger partial charge in [0.15, 0.2) is 5.82 Å². The van der Waals surface area contributed by atoms with Crippen molar-refractivity contribution in [3.63, 3.8) is 0 Å². The maximum absolute atomic E-state index is 12.3. The van der Waals surface area contributed by atoms with Crippen molar-refractivity contribution in [2.24, 2.45) is 0 Å². The average molecular weight is 321 g/mol. The third-order valence-corrected chi connectivity index (χ3v) is 5.04. The highest BCUT2D eigenvalue weighted by atomic mass is 16.3. The van der Waals surface area contributed by atoms with Gasteiger partial charge in [0, 0.05) is 45.1 Å². The Morgan fingerprint density at radius 2 is 1.91 bits per heavy atom. The summed E-state index contributed by atoms with van der Waals surface area (Å²) in [5.74, 6) is 1.72. The number of carbonyl (C=O) groups excluding carboxylic acids is 1. The van der Waals surface area contributed by atoms with E-state index in [2.05, 4.69) is 20.1 Å². The molecule has 1 aromatic heterocycles. The van der Waals surface area contributed by atoms with E-state index in [1.807, 2.05) is 11.8 Å². The van der Waals surface area contributed by atoms with E-state index in [4.69, 9.17) is 0 Å². The second-order valence-electron chi connectivity index (χ2n) is 6.72. The molecule has 7 heteroatoms. The number of rotatable bonds is 4. The number of piperidine rings is 2. The van der Waals surface area contributed by atoms with Crippen molar-refractivity contribution in [3.05, 3.63) is 11.6 Å². The zero-order chi connectivity index (χ0) is 16.2. The van der Waals surface area contributed by atoms with Crippen LogP contribution < -0.4 is 0 Å². The summed E-state index contributed by atoms with van der Waals surface area (Å²) in [5, 5.41) is 16.5. The highest BCUT2D eigenvalue weighted by Crippen LogP contribution is 2.21. The standard InChI is InChI=1S/C16H27N5O2/c1-12-17-15(19-18-12)2-3-16(23)21-8-4-13(5-9-21)20-10-6-14(22)7-11-20/h13-14,22H,2-11H2,1H3,(H,17,18,19). The molecular formula is C16H27N5O2. The van der Waals surface area contributed by atoms with Crippen LogP contribution in [0.4, 0.5) is 0 Å². The van der Waals surface area contributed by atoms with Crippen LogP contribution in [-0.4, -0.2) is 74.3 Å². The second-order valence-corrected chi connectivity index (χ2v) is 6.72. The number of nitrogens with zero attached hydrogens (tertiary/aromatic N) is 4. The maximum Gasteiger partial charge on any atom is 0.223 e.